The number of carbonyl (C=O) groups is 1. The number of amides is 1. The minimum absolute atomic E-state index is 0.0833. The van der Waals surface area contributed by atoms with Gasteiger partial charge in [-0.25, -0.2) is 4.68 Å². The minimum atomic E-state index is -0.0833. The predicted octanol–water partition coefficient (Wildman–Crippen LogP) is 3.58. The van der Waals surface area contributed by atoms with E-state index in [1.54, 1.807) is 0 Å². The van der Waals surface area contributed by atoms with Crippen molar-refractivity contribution in [1.82, 2.24) is 24.9 Å². The van der Waals surface area contributed by atoms with Gasteiger partial charge in [-0.3, -0.25) is 9.48 Å². The fourth-order valence-electron chi connectivity index (χ4n) is 2.93. The zero-order chi connectivity index (χ0) is 18.7. The molecule has 3 aromatic rings. The van der Waals surface area contributed by atoms with Crippen molar-refractivity contribution in [2.24, 2.45) is 0 Å². The van der Waals surface area contributed by atoms with E-state index >= 15 is 0 Å². The maximum absolute atomic E-state index is 12.6. The van der Waals surface area contributed by atoms with E-state index in [1.165, 1.54) is 0 Å². The number of hydrogen-bond donors (Lipinski definition) is 1. The monoisotopic (exact) mass is 415 g/mol. The van der Waals surface area contributed by atoms with Gasteiger partial charge >= 0.3 is 0 Å². The molecule has 6 nitrogen and oxygen atoms in total. The molecule has 0 unspecified atom stereocenters. The summed E-state index contributed by atoms with van der Waals surface area (Å²) in [6, 6.07) is 7.86. The molecule has 0 spiro atoms. The van der Waals surface area contributed by atoms with Gasteiger partial charge in [0.1, 0.15) is 0 Å². The molecule has 0 fully saturated rings. The molecular formula is C19H22BrN5O. The second-order valence-electron chi connectivity index (χ2n) is 6.32. The first-order valence-corrected chi connectivity index (χ1v) is 9.34. The van der Waals surface area contributed by atoms with Crippen molar-refractivity contribution < 1.29 is 4.79 Å². The van der Waals surface area contributed by atoms with Crippen LogP contribution in [0.3, 0.4) is 0 Å². The number of aromatic nitrogens is 4. The molecule has 0 atom stereocenters. The van der Waals surface area contributed by atoms with E-state index in [-0.39, 0.29) is 5.91 Å². The van der Waals surface area contributed by atoms with Crippen molar-refractivity contribution in [3.05, 3.63) is 63.6 Å². The van der Waals surface area contributed by atoms with Crippen LogP contribution in [0.5, 0.6) is 0 Å². The third kappa shape index (κ3) is 4.04. The molecule has 0 saturated carbocycles. The summed E-state index contributed by atoms with van der Waals surface area (Å²) in [4.78, 5) is 12.6. The van der Waals surface area contributed by atoms with E-state index in [9.17, 15) is 4.79 Å². The summed E-state index contributed by atoms with van der Waals surface area (Å²) >= 11 is 3.43. The Morgan fingerprint density at radius 1 is 1.19 bits per heavy atom. The lowest BCUT2D eigenvalue weighted by Crippen LogP contribution is -2.26. The molecule has 7 heteroatoms. The second-order valence-corrected chi connectivity index (χ2v) is 7.24. The van der Waals surface area contributed by atoms with Crippen molar-refractivity contribution in [1.29, 1.82) is 0 Å². The van der Waals surface area contributed by atoms with Gasteiger partial charge in [0.05, 0.1) is 28.8 Å². The zero-order valence-electron chi connectivity index (χ0n) is 15.2. The van der Waals surface area contributed by atoms with Crippen LogP contribution in [0, 0.1) is 20.8 Å². The van der Waals surface area contributed by atoms with E-state index in [1.807, 2.05) is 66.8 Å². The van der Waals surface area contributed by atoms with Crippen molar-refractivity contribution in [2.75, 3.05) is 6.54 Å². The number of benzene rings is 1. The van der Waals surface area contributed by atoms with Gasteiger partial charge < -0.3 is 5.32 Å². The largest absolute Gasteiger partial charge is 0.352 e. The molecule has 0 saturated heterocycles. The van der Waals surface area contributed by atoms with Gasteiger partial charge in [-0.2, -0.15) is 10.2 Å². The Kier molecular flexibility index (Phi) is 5.56. The standard InChI is InChI=1S/C19H22BrN5O/c1-13-11-22-24(12-13)10-4-9-21-19(26)18-14(2)23-25(15(18)3)17-7-5-16(20)6-8-17/h5-8,11-12H,4,9-10H2,1-3H3,(H,21,26). The maximum Gasteiger partial charge on any atom is 0.255 e. The van der Waals surface area contributed by atoms with Crippen LogP contribution in [0.2, 0.25) is 0 Å². The van der Waals surface area contributed by atoms with Crippen LogP contribution in [0.25, 0.3) is 5.69 Å². The summed E-state index contributed by atoms with van der Waals surface area (Å²) in [6.07, 6.45) is 4.66. The Morgan fingerprint density at radius 2 is 1.92 bits per heavy atom. The first-order valence-electron chi connectivity index (χ1n) is 8.55. The Morgan fingerprint density at radius 3 is 2.58 bits per heavy atom. The van der Waals surface area contributed by atoms with E-state index in [2.05, 4.69) is 31.4 Å². The maximum atomic E-state index is 12.6. The molecule has 0 bridgehead atoms. The van der Waals surface area contributed by atoms with Crippen molar-refractivity contribution in [3.8, 4) is 5.69 Å². The lowest BCUT2D eigenvalue weighted by Gasteiger charge is -2.07. The van der Waals surface area contributed by atoms with Crippen LogP contribution in [0.1, 0.15) is 33.7 Å². The lowest BCUT2D eigenvalue weighted by molar-refractivity contribution is 0.0951. The minimum Gasteiger partial charge on any atom is -0.352 e. The third-order valence-electron chi connectivity index (χ3n) is 4.20. The molecular weight excluding hydrogens is 394 g/mol. The summed E-state index contributed by atoms with van der Waals surface area (Å²) in [7, 11) is 0. The molecule has 0 radical (unpaired) electrons. The van der Waals surface area contributed by atoms with Gasteiger partial charge in [0.25, 0.3) is 5.91 Å². The number of hydrogen-bond acceptors (Lipinski definition) is 3. The molecule has 2 heterocycles. The number of rotatable bonds is 6. The van der Waals surface area contributed by atoms with Crippen molar-refractivity contribution in [2.45, 2.75) is 33.7 Å². The molecule has 1 N–H and O–H groups in total. The average molecular weight is 416 g/mol. The number of aryl methyl sites for hydroxylation is 3. The molecule has 3 rings (SSSR count). The highest BCUT2D eigenvalue weighted by Crippen LogP contribution is 2.19. The van der Waals surface area contributed by atoms with E-state index in [4.69, 9.17) is 0 Å². The lowest BCUT2D eigenvalue weighted by atomic mass is 10.2. The SMILES string of the molecule is Cc1cnn(CCCNC(=O)c2c(C)nn(-c3ccc(Br)cc3)c2C)c1. The Balaban J connectivity index is 1.64. The summed E-state index contributed by atoms with van der Waals surface area (Å²) < 4.78 is 4.71. The van der Waals surface area contributed by atoms with Crippen LogP contribution in [-0.4, -0.2) is 32.0 Å². The highest BCUT2D eigenvalue weighted by molar-refractivity contribution is 9.10. The van der Waals surface area contributed by atoms with Crippen molar-refractivity contribution in [3.63, 3.8) is 0 Å². The molecule has 26 heavy (non-hydrogen) atoms. The normalized spacial score (nSPS) is 10.9. The quantitative estimate of drug-likeness (QED) is 0.625. The summed E-state index contributed by atoms with van der Waals surface area (Å²) in [5, 5.41) is 11.8. The smallest absolute Gasteiger partial charge is 0.255 e. The summed E-state index contributed by atoms with van der Waals surface area (Å²) in [5.74, 6) is -0.0833. The molecule has 136 valence electrons. The van der Waals surface area contributed by atoms with Crippen LogP contribution < -0.4 is 5.32 Å². The Labute approximate surface area is 161 Å². The van der Waals surface area contributed by atoms with Gasteiger partial charge in [-0.1, -0.05) is 15.9 Å². The third-order valence-corrected chi connectivity index (χ3v) is 4.73. The van der Waals surface area contributed by atoms with E-state index in [0.29, 0.717) is 12.1 Å². The summed E-state index contributed by atoms with van der Waals surface area (Å²) in [6.45, 7) is 7.18. The fraction of sp³-hybridized carbons (Fsp3) is 0.316. The Hall–Kier alpha value is -2.41. The van der Waals surface area contributed by atoms with Crippen LogP contribution in [-0.2, 0) is 6.54 Å². The number of halogens is 1. The average Bonchev–Trinajstić information content (AvgIpc) is 3.15. The van der Waals surface area contributed by atoms with Gasteiger partial charge in [0.2, 0.25) is 0 Å². The molecule has 0 aliphatic heterocycles. The fourth-order valence-corrected chi connectivity index (χ4v) is 3.19. The zero-order valence-corrected chi connectivity index (χ0v) is 16.7. The molecule has 1 amide bonds. The van der Waals surface area contributed by atoms with E-state index < -0.39 is 0 Å². The van der Waals surface area contributed by atoms with Gasteiger partial charge in [0.15, 0.2) is 0 Å². The highest BCUT2D eigenvalue weighted by Gasteiger charge is 2.19. The van der Waals surface area contributed by atoms with E-state index in [0.717, 1.165) is 40.1 Å². The van der Waals surface area contributed by atoms with Gasteiger partial charge in [-0.05, 0) is 57.0 Å². The molecule has 0 aliphatic rings. The second kappa shape index (κ2) is 7.86. The van der Waals surface area contributed by atoms with Crippen molar-refractivity contribution >= 4 is 21.8 Å². The predicted molar refractivity (Wildman–Crippen MR) is 105 cm³/mol. The van der Waals surface area contributed by atoms with Gasteiger partial charge in [-0.15, -0.1) is 0 Å². The highest BCUT2D eigenvalue weighted by atomic mass is 79.9. The molecule has 0 aliphatic carbocycles. The van der Waals surface area contributed by atoms with Crippen LogP contribution in [0.15, 0.2) is 41.1 Å². The summed E-state index contributed by atoms with van der Waals surface area (Å²) in [5.41, 5.74) is 4.28. The number of nitrogens with zero attached hydrogens (tertiary/aromatic N) is 4. The molecule has 2 aromatic heterocycles. The number of nitrogens with one attached hydrogen (secondary N) is 1. The Bertz CT molecular complexity index is 911. The molecule has 1 aromatic carbocycles. The first kappa shape index (κ1) is 18.4. The van der Waals surface area contributed by atoms with Gasteiger partial charge in [0, 0.05) is 23.8 Å². The topological polar surface area (TPSA) is 64.7 Å². The van der Waals surface area contributed by atoms with Crippen LogP contribution >= 0.6 is 15.9 Å². The first-order chi connectivity index (χ1) is 12.5. The van der Waals surface area contributed by atoms with Crippen LogP contribution in [0.4, 0.5) is 0 Å². The number of carbonyl (C=O) groups excluding carboxylic acids is 1.